The molecule has 0 aliphatic rings. The third-order valence-electron chi connectivity index (χ3n) is 4.15. The molecule has 1 aromatic rings. The van der Waals surface area contributed by atoms with Gasteiger partial charge in [0, 0.05) is 23.4 Å². The molecular formula is C17H26BrNO2Si. The number of nitriles is 1. The molecule has 0 saturated heterocycles. The van der Waals surface area contributed by atoms with Crippen molar-refractivity contribution < 1.29 is 9.16 Å². The van der Waals surface area contributed by atoms with Crippen LogP contribution >= 0.6 is 15.9 Å². The van der Waals surface area contributed by atoms with E-state index >= 15 is 0 Å². The van der Waals surface area contributed by atoms with Crippen LogP contribution in [0.3, 0.4) is 0 Å². The summed E-state index contributed by atoms with van der Waals surface area (Å²) in [6.07, 6.45) is 0.447. The third kappa shape index (κ3) is 6.11. The van der Waals surface area contributed by atoms with Gasteiger partial charge in [-0.15, -0.1) is 0 Å². The fraction of sp³-hybridized carbons (Fsp3) is 0.588. The number of halogens is 1. The van der Waals surface area contributed by atoms with Crippen LogP contribution in [-0.4, -0.2) is 21.5 Å². The van der Waals surface area contributed by atoms with Crippen LogP contribution in [0.15, 0.2) is 28.7 Å². The molecule has 0 aliphatic heterocycles. The summed E-state index contributed by atoms with van der Waals surface area (Å²) in [6.45, 7) is 12.2. The number of hydrogen-bond acceptors (Lipinski definition) is 3. The molecule has 22 heavy (non-hydrogen) atoms. The first kappa shape index (κ1) is 19.2. The van der Waals surface area contributed by atoms with E-state index in [2.05, 4.69) is 55.9 Å². The Kier molecular flexibility index (Phi) is 7.11. The standard InChI is InChI=1S/C17H26BrNO2Si/c1-17(2,3)22(4,5)21-13-14(9-10-19)12-20-16-8-6-7-15(18)11-16/h6-8,11,14H,9,12-13H2,1-5H3/t14-/m1/s1. The van der Waals surface area contributed by atoms with Crippen LogP contribution < -0.4 is 4.74 Å². The highest BCUT2D eigenvalue weighted by atomic mass is 79.9. The molecule has 0 aliphatic carbocycles. The number of nitrogens with zero attached hydrogens (tertiary/aromatic N) is 1. The lowest BCUT2D eigenvalue weighted by molar-refractivity contribution is 0.168. The van der Waals surface area contributed by atoms with Crippen molar-refractivity contribution >= 4 is 24.2 Å². The second-order valence-electron chi connectivity index (χ2n) is 7.07. The average Bonchev–Trinajstić information content (AvgIpc) is 2.41. The van der Waals surface area contributed by atoms with Gasteiger partial charge in [0.05, 0.1) is 12.7 Å². The van der Waals surface area contributed by atoms with E-state index in [4.69, 9.17) is 14.4 Å². The van der Waals surface area contributed by atoms with Gasteiger partial charge in [0.1, 0.15) is 5.75 Å². The van der Waals surface area contributed by atoms with Crippen LogP contribution in [0, 0.1) is 17.2 Å². The molecule has 5 heteroatoms. The highest BCUT2D eigenvalue weighted by Crippen LogP contribution is 2.36. The lowest BCUT2D eigenvalue weighted by Gasteiger charge is -2.37. The van der Waals surface area contributed by atoms with Gasteiger partial charge in [-0.3, -0.25) is 0 Å². The Morgan fingerprint density at radius 1 is 1.27 bits per heavy atom. The number of ether oxygens (including phenoxy) is 1. The minimum Gasteiger partial charge on any atom is -0.493 e. The Morgan fingerprint density at radius 2 is 1.95 bits per heavy atom. The van der Waals surface area contributed by atoms with E-state index in [-0.39, 0.29) is 11.0 Å². The van der Waals surface area contributed by atoms with Crippen molar-refractivity contribution in [3.63, 3.8) is 0 Å². The Labute approximate surface area is 143 Å². The maximum absolute atomic E-state index is 9.01. The predicted octanol–water partition coefficient (Wildman–Crippen LogP) is 5.38. The fourth-order valence-electron chi connectivity index (χ4n) is 1.61. The Bertz CT molecular complexity index is 520. The summed E-state index contributed by atoms with van der Waals surface area (Å²) in [5, 5.41) is 9.19. The van der Waals surface area contributed by atoms with Crippen molar-refractivity contribution in [3.05, 3.63) is 28.7 Å². The topological polar surface area (TPSA) is 42.2 Å². The van der Waals surface area contributed by atoms with Gasteiger partial charge in [0.15, 0.2) is 8.32 Å². The normalized spacial score (nSPS) is 13.5. The van der Waals surface area contributed by atoms with Crippen molar-refractivity contribution in [2.75, 3.05) is 13.2 Å². The Hall–Kier alpha value is -0.833. The lowest BCUT2D eigenvalue weighted by atomic mass is 10.1. The highest BCUT2D eigenvalue weighted by Gasteiger charge is 2.37. The van der Waals surface area contributed by atoms with Gasteiger partial charge in [0.25, 0.3) is 0 Å². The van der Waals surface area contributed by atoms with Gasteiger partial charge in [-0.1, -0.05) is 42.8 Å². The summed E-state index contributed by atoms with van der Waals surface area (Å²) in [5.41, 5.74) is 0. The monoisotopic (exact) mass is 383 g/mol. The summed E-state index contributed by atoms with van der Waals surface area (Å²) in [4.78, 5) is 0. The van der Waals surface area contributed by atoms with Crippen molar-refractivity contribution in [2.45, 2.75) is 45.3 Å². The van der Waals surface area contributed by atoms with E-state index in [9.17, 15) is 0 Å². The zero-order chi connectivity index (χ0) is 16.8. The maximum Gasteiger partial charge on any atom is 0.191 e. The largest absolute Gasteiger partial charge is 0.493 e. The van der Waals surface area contributed by atoms with Crippen molar-refractivity contribution in [2.24, 2.45) is 5.92 Å². The quantitative estimate of drug-likeness (QED) is 0.593. The van der Waals surface area contributed by atoms with E-state index in [0.29, 0.717) is 19.6 Å². The smallest absolute Gasteiger partial charge is 0.191 e. The minimum atomic E-state index is -1.79. The van der Waals surface area contributed by atoms with Gasteiger partial charge in [-0.05, 0) is 36.3 Å². The van der Waals surface area contributed by atoms with Crippen molar-refractivity contribution in [3.8, 4) is 11.8 Å². The molecule has 0 spiro atoms. The van der Waals surface area contributed by atoms with Crippen LogP contribution in [-0.2, 0) is 4.43 Å². The van der Waals surface area contributed by atoms with Gasteiger partial charge < -0.3 is 9.16 Å². The first-order chi connectivity index (χ1) is 10.2. The molecule has 1 rings (SSSR count). The second-order valence-corrected chi connectivity index (χ2v) is 12.8. The molecule has 1 atom stereocenters. The van der Waals surface area contributed by atoms with Crippen LogP contribution in [0.1, 0.15) is 27.2 Å². The summed E-state index contributed by atoms with van der Waals surface area (Å²) < 4.78 is 13.0. The first-order valence-electron chi connectivity index (χ1n) is 7.55. The van der Waals surface area contributed by atoms with Gasteiger partial charge in [0.2, 0.25) is 0 Å². The number of hydrogen-bond donors (Lipinski definition) is 0. The van der Waals surface area contributed by atoms with E-state index < -0.39 is 8.32 Å². The zero-order valence-electron chi connectivity index (χ0n) is 14.1. The molecule has 0 amide bonds. The summed E-state index contributed by atoms with van der Waals surface area (Å²) in [6, 6.07) is 9.98. The SMILES string of the molecule is CC(C)(C)[Si](C)(C)OC[C@H](CC#N)COc1cccc(Br)c1. The highest BCUT2D eigenvalue weighted by molar-refractivity contribution is 9.10. The molecule has 0 unspecified atom stereocenters. The first-order valence-corrected chi connectivity index (χ1v) is 11.2. The van der Waals surface area contributed by atoms with Crippen LogP contribution in [0.25, 0.3) is 0 Å². The van der Waals surface area contributed by atoms with Crippen molar-refractivity contribution in [1.82, 2.24) is 0 Å². The Morgan fingerprint density at radius 3 is 2.50 bits per heavy atom. The zero-order valence-corrected chi connectivity index (χ0v) is 16.7. The average molecular weight is 384 g/mol. The molecule has 1 aromatic carbocycles. The van der Waals surface area contributed by atoms with Crippen LogP contribution in [0.2, 0.25) is 18.1 Å². The molecule has 0 radical (unpaired) electrons. The van der Waals surface area contributed by atoms with E-state index in [1.165, 1.54) is 0 Å². The Balaban J connectivity index is 2.58. The molecule has 0 N–H and O–H groups in total. The molecule has 0 fully saturated rings. The molecule has 122 valence electrons. The van der Waals surface area contributed by atoms with Gasteiger partial charge >= 0.3 is 0 Å². The second kappa shape index (κ2) is 8.14. The number of rotatable bonds is 7. The van der Waals surface area contributed by atoms with Gasteiger partial charge in [-0.2, -0.15) is 5.26 Å². The van der Waals surface area contributed by atoms with E-state index in [0.717, 1.165) is 10.2 Å². The van der Waals surface area contributed by atoms with Gasteiger partial charge in [-0.25, -0.2) is 0 Å². The summed E-state index contributed by atoms with van der Waals surface area (Å²) in [5.74, 6) is 0.905. The molecular weight excluding hydrogens is 358 g/mol. The predicted molar refractivity (Wildman–Crippen MR) is 96.5 cm³/mol. The maximum atomic E-state index is 9.01. The third-order valence-corrected chi connectivity index (χ3v) is 9.14. The molecule has 0 bridgehead atoms. The van der Waals surface area contributed by atoms with E-state index in [1.54, 1.807) is 0 Å². The summed E-state index contributed by atoms with van der Waals surface area (Å²) >= 11 is 3.43. The molecule has 0 aromatic heterocycles. The van der Waals surface area contributed by atoms with Crippen LogP contribution in [0.5, 0.6) is 5.75 Å². The fourth-order valence-corrected chi connectivity index (χ4v) is 3.07. The number of benzene rings is 1. The lowest BCUT2D eigenvalue weighted by Crippen LogP contribution is -2.42. The minimum absolute atomic E-state index is 0.0955. The molecule has 0 heterocycles. The van der Waals surface area contributed by atoms with E-state index in [1.807, 2.05) is 24.3 Å². The molecule has 0 saturated carbocycles. The molecule has 3 nitrogen and oxygen atoms in total. The van der Waals surface area contributed by atoms with Crippen molar-refractivity contribution in [1.29, 1.82) is 5.26 Å². The summed E-state index contributed by atoms with van der Waals surface area (Å²) in [7, 11) is -1.79. The van der Waals surface area contributed by atoms with Crippen LogP contribution in [0.4, 0.5) is 0 Å².